The number of carboxylic acid groups (broad SMARTS) is 1. The number of carbonyl (C=O) groups excluding carboxylic acids is 3. The highest BCUT2D eigenvalue weighted by atomic mass is 16.5. The highest BCUT2D eigenvalue weighted by Crippen LogP contribution is 2.41. The van der Waals surface area contributed by atoms with Crippen LogP contribution in [0.3, 0.4) is 0 Å². The van der Waals surface area contributed by atoms with Crippen molar-refractivity contribution in [2.24, 2.45) is 17.8 Å². The van der Waals surface area contributed by atoms with E-state index in [0.717, 1.165) is 57.2 Å². The predicted molar refractivity (Wildman–Crippen MR) is 192 cm³/mol. The minimum Gasteiger partial charge on any atom is -0.495 e. The summed E-state index contributed by atoms with van der Waals surface area (Å²) in [6, 6.07) is 4.07. The number of aromatic nitrogens is 2. The van der Waals surface area contributed by atoms with E-state index in [9.17, 15) is 24.3 Å². The number of anilines is 4. The van der Waals surface area contributed by atoms with Gasteiger partial charge in [0.05, 0.1) is 19.0 Å². The van der Waals surface area contributed by atoms with Gasteiger partial charge in [-0.25, -0.2) is 9.78 Å². The van der Waals surface area contributed by atoms with Crippen LogP contribution in [0.15, 0.2) is 24.4 Å². The topological polar surface area (TPSA) is 166 Å². The zero-order chi connectivity index (χ0) is 35.9. The molecule has 3 atom stereocenters. The number of ether oxygens (including phenoxy) is 1. The van der Waals surface area contributed by atoms with Crippen LogP contribution in [0.4, 0.5) is 23.1 Å². The lowest BCUT2D eigenvalue weighted by molar-refractivity contribution is -0.145. The summed E-state index contributed by atoms with van der Waals surface area (Å²) in [5.41, 5.74) is 1.63. The minimum absolute atomic E-state index is 0.0520. The number of rotatable bonds is 15. The Bertz CT molecular complexity index is 1540. The fraction of sp³-hybridized carbons (Fsp3) is 0.622. The summed E-state index contributed by atoms with van der Waals surface area (Å²) in [7, 11) is 3.28. The Morgan fingerprint density at radius 1 is 1.08 bits per heavy atom. The van der Waals surface area contributed by atoms with Crippen LogP contribution in [-0.2, 0) is 14.4 Å². The van der Waals surface area contributed by atoms with Gasteiger partial charge in [-0.05, 0) is 61.6 Å². The normalized spacial score (nSPS) is 19.3. The number of benzene rings is 1. The molecule has 0 radical (unpaired) electrons. The SMILES string of the molecule is CC[C@H]1C(=O)N(C)c2cnc(Nc3ccc(C(=O)NCCCC(=O)N[C@@H](C(=O)O)C(C(C)C)C4CCCC4)cc3OC)nc2N1C1CCCC1. The van der Waals surface area contributed by atoms with Crippen LogP contribution in [0.1, 0.15) is 102 Å². The lowest BCUT2D eigenvalue weighted by atomic mass is 9.77. The molecule has 0 bridgehead atoms. The largest absolute Gasteiger partial charge is 0.495 e. The van der Waals surface area contributed by atoms with E-state index in [2.05, 4.69) is 25.8 Å². The monoisotopic (exact) mass is 691 g/mol. The molecule has 3 aliphatic rings. The lowest BCUT2D eigenvalue weighted by Gasteiger charge is -2.43. The maximum Gasteiger partial charge on any atom is 0.326 e. The molecule has 0 saturated heterocycles. The van der Waals surface area contributed by atoms with Crippen LogP contribution >= 0.6 is 0 Å². The Hall–Kier alpha value is -4.42. The number of fused-ring (bicyclic) bond motifs is 1. The van der Waals surface area contributed by atoms with Gasteiger partial charge < -0.3 is 35.6 Å². The average Bonchev–Trinajstić information content (AvgIpc) is 3.83. The van der Waals surface area contributed by atoms with E-state index in [-0.39, 0.29) is 54.6 Å². The molecule has 4 N–H and O–H groups in total. The summed E-state index contributed by atoms with van der Waals surface area (Å²) in [6.45, 7) is 6.32. The molecule has 1 unspecified atom stereocenters. The first kappa shape index (κ1) is 36.9. The Kier molecular flexibility index (Phi) is 12.2. The third-order valence-corrected chi connectivity index (χ3v) is 10.7. The highest BCUT2D eigenvalue weighted by Gasteiger charge is 2.41. The molecule has 13 heteroatoms. The number of carboxylic acids is 1. The van der Waals surface area contributed by atoms with Crippen molar-refractivity contribution in [3.63, 3.8) is 0 Å². The number of nitrogens with one attached hydrogen (secondary N) is 3. The maximum absolute atomic E-state index is 13.2. The fourth-order valence-corrected chi connectivity index (χ4v) is 8.16. The molecule has 3 amide bonds. The maximum atomic E-state index is 13.2. The van der Waals surface area contributed by atoms with E-state index in [1.807, 2.05) is 20.8 Å². The summed E-state index contributed by atoms with van der Waals surface area (Å²) in [4.78, 5) is 64.4. The molecule has 1 aromatic carbocycles. The zero-order valence-electron chi connectivity index (χ0n) is 30.0. The number of nitrogens with zero attached hydrogens (tertiary/aromatic N) is 4. The molecular formula is C37H53N7O6. The number of carbonyl (C=O) groups is 4. The average molecular weight is 692 g/mol. The van der Waals surface area contributed by atoms with Crippen LogP contribution in [0.5, 0.6) is 5.75 Å². The number of amides is 3. The Morgan fingerprint density at radius 2 is 1.78 bits per heavy atom. The van der Waals surface area contributed by atoms with Crippen LogP contribution in [0.2, 0.25) is 0 Å². The van der Waals surface area contributed by atoms with Gasteiger partial charge in [0.25, 0.3) is 5.91 Å². The molecular weight excluding hydrogens is 638 g/mol. The van der Waals surface area contributed by atoms with E-state index < -0.39 is 12.0 Å². The molecule has 0 spiro atoms. The number of hydrogen-bond acceptors (Lipinski definition) is 9. The van der Waals surface area contributed by atoms with Crippen molar-refractivity contribution >= 4 is 46.8 Å². The van der Waals surface area contributed by atoms with Crippen molar-refractivity contribution in [3.8, 4) is 5.75 Å². The Morgan fingerprint density at radius 3 is 2.42 bits per heavy atom. The van der Waals surface area contributed by atoms with Gasteiger partial charge >= 0.3 is 5.97 Å². The molecule has 2 fully saturated rings. The summed E-state index contributed by atoms with van der Waals surface area (Å²) < 4.78 is 5.61. The second-order valence-electron chi connectivity index (χ2n) is 14.2. The zero-order valence-corrected chi connectivity index (χ0v) is 30.0. The van der Waals surface area contributed by atoms with Crippen molar-refractivity contribution in [2.75, 3.05) is 35.8 Å². The van der Waals surface area contributed by atoms with Crippen LogP contribution in [-0.4, -0.2) is 77.6 Å². The lowest BCUT2D eigenvalue weighted by Crippen LogP contribution is -2.55. The van der Waals surface area contributed by atoms with Gasteiger partial charge in [-0.2, -0.15) is 4.98 Å². The van der Waals surface area contributed by atoms with Gasteiger partial charge in [0.1, 0.15) is 23.5 Å². The van der Waals surface area contributed by atoms with Crippen LogP contribution < -0.4 is 30.5 Å². The Balaban J connectivity index is 1.19. The molecule has 1 aromatic heterocycles. The first-order valence-corrected chi connectivity index (χ1v) is 18.2. The van der Waals surface area contributed by atoms with Gasteiger partial charge in [0.2, 0.25) is 17.8 Å². The van der Waals surface area contributed by atoms with E-state index in [4.69, 9.17) is 9.72 Å². The summed E-state index contributed by atoms with van der Waals surface area (Å²) in [5.74, 6) is 0.237. The van der Waals surface area contributed by atoms with Gasteiger partial charge in [-0.1, -0.05) is 59.3 Å². The molecule has 2 aliphatic carbocycles. The van der Waals surface area contributed by atoms with E-state index in [1.54, 1.807) is 36.3 Å². The van der Waals surface area contributed by atoms with E-state index >= 15 is 0 Å². The van der Waals surface area contributed by atoms with Crippen molar-refractivity contribution in [1.29, 1.82) is 0 Å². The number of hydrogen-bond donors (Lipinski definition) is 4. The summed E-state index contributed by atoms with van der Waals surface area (Å²) in [5, 5.41) is 18.8. The fourth-order valence-electron chi connectivity index (χ4n) is 8.16. The Labute approximate surface area is 294 Å². The molecule has 272 valence electrons. The molecule has 2 aromatic rings. The second-order valence-corrected chi connectivity index (χ2v) is 14.2. The first-order valence-electron chi connectivity index (χ1n) is 18.2. The second kappa shape index (κ2) is 16.5. The highest BCUT2D eigenvalue weighted by molar-refractivity contribution is 6.04. The van der Waals surface area contributed by atoms with E-state index in [0.29, 0.717) is 47.4 Å². The molecule has 2 saturated carbocycles. The van der Waals surface area contributed by atoms with Crippen molar-refractivity contribution in [3.05, 3.63) is 30.0 Å². The summed E-state index contributed by atoms with van der Waals surface area (Å²) >= 11 is 0. The third kappa shape index (κ3) is 8.13. The van der Waals surface area contributed by atoms with Gasteiger partial charge in [-0.3, -0.25) is 14.4 Å². The van der Waals surface area contributed by atoms with Crippen LogP contribution in [0.25, 0.3) is 0 Å². The predicted octanol–water partition coefficient (Wildman–Crippen LogP) is 5.27. The molecule has 5 rings (SSSR count). The number of likely N-dealkylation sites (N-methyl/N-ethyl adjacent to an activating group) is 1. The third-order valence-electron chi connectivity index (χ3n) is 10.7. The van der Waals surface area contributed by atoms with Crippen LogP contribution in [0, 0.1) is 17.8 Å². The van der Waals surface area contributed by atoms with Crippen molar-refractivity contribution in [1.82, 2.24) is 20.6 Å². The van der Waals surface area contributed by atoms with Crippen molar-refractivity contribution in [2.45, 2.75) is 110 Å². The van der Waals surface area contributed by atoms with Gasteiger partial charge in [0.15, 0.2) is 5.82 Å². The molecule has 13 nitrogen and oxygen atoms in total. The first-order chi connectivity index (χ1) is 24.0. The quantitative estimate of drug-likeness (QED) is 0.181. The molecule has 2 heterocycles. The van der Waals surface area contributed by atoms with Gasteiger partial charge in [0, 0.05) is 31.6 Å². The number of aliphatic carboxylic acids is 1. The van der Waals surface area contributed by atoms with E-state index in [1.165, 1.54) is 7.11 Å². The standard InChI is InChI=1S/C37H53N7O6/c1-6-27-35(47)43(4)28-21-39-37(42-33(28)44(27)25-14-9-10-15-25)40-26-18-17-24(20-29(26)50-5)34(46)38-19-11-16-30(45)41-32(36(48)49)31(22(2)3)23-12-7-8-13-23/h17-18,20-23,25,27,31-32H,6-16,19H2,1-5H3,(H,38,46)(H,41,45)(H,48,49)(H,39,40,42)/t27-,31?,32+/m0/s1. The number of methoxy groups -OCH3 is 1. The summed E-state index contributed by atoms with van der Waals surface area (Å²) in [6.07, 6.45) is 11.3. The molecule has 1 aliphatic heterocycles. The van der Waals surface area contributed by atoms with Crippen molar-refractivity contribution < 1.29 is 29.0 Å². The van der Waals surface area contributed by atoms with Gasteiger partial charge in [-0.15, -0.1) is 0 Å². The smallest absolute Gasteiger partial charge is 0.326 e. The minimum atomic E-state index is -0.998. The molecule has 50 heavy (non-hydrogen) atoms.